The molecule has 1 heterocycles. The van der Waals surface area contributed by atoms with Crippen LogP contribution in [0.2, 0.25) is 0 Å². The van der Waals surface area contributed by atoms with Crippen LogP contribution in [0.15, 0.2) is 11.6 Å². The second kappa shape index (κ2) is 9.21. The van der Waals surface area contributed by atoms with Crippen molar-refractivity contribution in [3.8, 4) is 0 Å². The van der Waals surface area contributed by atoms with Gasteiger partial charge < -0.3 is 9.47 Å². The number of allylic oxidation sites excluding steroid dienone is 2. The van der Waals surface area contributed by atoms with Crippen molar-refractivity contribution < 1.29 is 14.3 Å². The quantitative estimate of drug-likeness (QED) is 0.535. The lowest BCUT2D eigenvalue weighted by molar-refractivity contribution is -0.152. The number of hydrogen-bond acceptors (Lipinski definition) is 4. The third-order valence-corrected chi connectivity index (χ3v) is 4.45. The van der Waals surface area contributed by atoms with Gasteiger partial charge in [0.15, 0.2) is 0 Å². The lowest BCUT2D eigenvalue weighted by Crippen LogP contribution is -2.52. The highest BCUT2D eigenvalue weighted by Crippen LogP contribution is 2.25. The number of rotatable bonds is 7. The molecule has 0 aromatic rings. The van der Waals surface area contributed by atoms with Crippen molar-refractivity contribution in [3.05, 3.63) is 11.6 Å². The number of hydrogen-bond donors (Lipinski definition) is 0. The predicted octanol–water partition coefficient (Wildman–Crippen LogP) is 2.88. The second-order valence-electron chi connectivity index (χ2n) is 6.31. The lowest BCUT2D eigenvalue weighted by Gasteiger charge is -2.38. The van der Waals surface area contributed by atoms with E-state index in [1.165, 1.54) is 12.7 Å². The Kier molecular flexibility index (Phi) is 7.97. The van der Waals surface area contributed by atoms with Crippen molar-refractivity contribution in [1.82, 2.24) is 4.90 Å². The van der Waals surface area contributed by atoms with Gasteiger partial charge in [0.2, 0.25) is 0 Å². The number of esters is 1. The maximum absolute atomic E-state index is 12.2. The van der Waals surface area contributed by atoms with Crippen molar-refractivity contribution in [2.45, 2.75) is 46.6 Å². The van der Waals surface area contributed by atoms with Crippen LogP contribution < -0.4 is 0 Å². The lowest BCUT2D eigenvalue weighted by atomic mass is 9.84. The third-order valence-electron chi connectivity index (χ3n) is 4.45. The third kappa shape index (κ3) is 5.79. The molecule has 1 fully saturated rings. The van der Waals surface area contributed by atoms with Crippen molar-refractivity contribution in [3.63, 3.8) is 0 Å². The smallest absolute Gasteiger partial charge is 0.323 e. The molecule has 122 valence electrons. The fourth-order valence-corrected chi connectivity index (χ4v) is 2.88. The summed E-state index contributed by atoms with van der Waals surface area (Å²) in [5, 5.41) is 0. The predicted molar refractivity (Wildman–Crippen MR) is 85.2 cm³/mol. The Hall–Kier alpha value is -0.870. The topological polar surface area (TPSA) is 38.8 Å². The van der Waals surface area contributed by atoms with Gasteiger partial charge in [-0.05, 0) is 38.5 Å². The largest absolute Gasteiger partial charge is 0.468 e. The Balaban J connectivity index is 2.67. The van der Waals surface area contributed by atoms with Crippen LogP contribution in [0.25, 0.3) is 0 Å². The maximum atomic E-state index is 12.2. The Morgan fingerprint density at radius 2 is 1.90 bits per heavy atom. The first-order valence-electron chi connectivity index (χ1n) is 8.00. The van der Waals surface area contributed by atoms with E-state index >= 15 is 0 Å². The van der Waals surface area contributed by atoms with Gasteiger partial charge in [-0.1, -0.05) is 25.5 Å². The number of ether oxygens (including phenoxy) is 2. The van der Waals surface area contributed by atoms with E-state index in [0.29, 0.717) is 19.1 Å². The van der Waals surface area contributed by atoms with Crippen molar-refractivity contribution >= 4 is 5.97 Å². The summed E-state index contributed by atoms with van der Waals surface area (Å²) in [6, 6.07) is -0.152. The molecule has 4 nitrogen and oxygen atoms in total. The molecule has 0 amide bonds. The highest BCUT2D eigenvalue weighted by Gasteiger charge is 2.35. The molecule has 0 spiro atoms. The molecule has 1 saturated heterocycles. The highest BCUT2D eigenvalue weighted by molar-refractivity contribution is 5.76. The molecular weight excluding hydrogens is 266 g/mol. The average Bonchev–Trinajstić information content (AvgIpc) is 2.47. The van der Waals surface area contributed by atoms with Gasteiger partial charge in [-0.25, -0.2) is 0 Å². The summed E-state index contributed by atoms with van der Waals surface area (Å²) in [5.41, 5.74) is 1.35. The Morgan fingerprint density at radius 1 is 1.29 bits per heavy atom. The summed E-state index contributed by atoms with van der Waals surface area (Å²) in [7, 11) is 1.48. The summed E-state index contributed by atoms with van der Waals surface area (Å²) in [4.78, 5) is 14.4. The van der Waals surface area contributed by atoms with Crippen LogP contribution in [-0.2, 0) is 14.3 Å². The zero-order chi connectivity index (χ0) is 15.8. The monoisotopic (exact) mass is 297 g/mol. The van der Waals surface area contributed by atoms with Gasteiger partial charge in [-0.2, -0.15) is 0 Å². The Labute approximate surface area is 129 Å². The summed E-state index contributed by atoms with van der Waals surface area (Å²) < 4.78 is 10.4. The molecule has 0 N–H and O–H groups in total. The molecule has 0 aliphatic carbocycles. The van der Waals surface area contributed by atoms with Gasteiger partial charge in [0.1, 0.15) is 6.04 Å². The van der Waals surface area contributed by atoms with E-state index in [-0.39, 0.29) is 17.9 Å². The van der Waals surface area contributed by atoms with Crippen LogP contribution in [0, 0.1) is 11.8 Å². The van der Waals surface area contributed by atoms with E-state index < -0.39 is 0 Å². The second-order valence-corrected chi connectivity index (χ2v) is 6.31. The molecule has 1 aliphatic rings. The van der Waals surface area contributed by atoms with E-state index in [9.17, 15) is 4.79 Å². The molecule has 0 aromatic carbocycles. The fraction of sp³-hybridized carbons (Fsp3) is 0.824. The molecule has 0 bridgehead atoms. The van der Waals surface area contributed by atoms with Crippen LogP contribution >= 0.6 is 0 Å². The number of carbonyl (C=O) groups excluding carboxylic acids is 1. The van der Waals surface area contributed by atoms with Gasteiger partial charge in [-0.3, -0.25) is 9.69 Å². The first-order chi connectivity index (χ1) is 9.97. The fourth-order valence-electron chi connectivity index (χ4n) is 2.88. The van der Waals surface area contributed by atoms with Crippen molar-refractivity contribution in [2.24, 2.45) is 11.8 Å². The van der Waals surface area contributed by atoms with Gasteiger partial charge in [0.05, 0.1) is 20.3 Å². The summed E-state index contributed by atoms with van der Waals surface area (Å²) >= 11 is 0. The molecule has 0 radical (unpaired) electrons. The highest BCUT2D eigenvalue weighted by atomic mass is 16.5. The molecule has 1 aliphatic heterocycles. The van der Waals surface area contributed by atoms with Gasteiger partial charge >= 0.3 is 5.97 Å². The van der Waals surface area contributed by atoms with Crippen LogP contribution in [0.4, 0.5) is 0 Å². The number of methoxy groups -OCH3 is 1. The van der Waals surface area contributed by atoms with E-state index in [1.54, 1.807) is 0 Å². The molecule has 21 heavy (non-hydrogen) atoms. The minimum Gasteiger partial charge on any atom is -0.468 e. The number of morpholine rings is 1. The Bertz CT molecular complexity index is 344. The zero-order valence-electron chi connectivity index (χ0n) is 14.2. The molecule has 1 rings (SSSR count). The molecule has 0 saturated carbocycles. The van der Waals surface area contributed by atoms with Crippen LogP contribution in [0.3, 0.4) is 0 Å². The van der Waals surface area contributed by atoms with Gasteiger partial charge in [-0.15, -0.1) is 0 Å². The molecule has 0 aromatic heterocycles. The summed E-state index contributed by atoms with van der Waals surface area (Å²) in [6.45, 7) is 11.7. The Morgan fingerprint density at radius 3 is 2.43 bits per heavy atom. The van der Waals surface area contributed by atoms with E-state index in [1.807, 2.05) is 0 Å². The van der Waals surface area contributed by atoms with E-state index in [4.69, 9.17) is 9.47 Å². The van der Waals surface area contributed by atoms with Crippen LogP contribution in [0.1, 0.15) is 40.5 Å². The summed E-state index contributed by atoms with van der Waals surface area (Å²) in [6.07, 6.45) is 4.44. The number of nitrogens with zero attached hydrogens (tertiary/aromatic N) is 1. The first-order valence-corrected chi connectivity index (χ1v) is 8.00. The van der Waals surface area contributed by atoms with Gasteiger partial charge in [0, 0.05) is 13.1 Å². The maximum Gasteiger partial charge on any atom is 0.323 e. The molecule has 4 heteroatoms. The first kappa shape index (κ1) is 18.2. The molecule has 2 unspecified atom stereocenters. The van der Waals surface area contributed by atoms with Crippen LogP contribution in [0.5, 0.6) is 0 Å². The van der Waals surface area contributed by atoms with Crippen LogP contribution in [-0.4, -0.2) is 50.3 Å². The zero-order valence-corrected chi connectivity index (χ0v) is 14.2. The van der Waals surface area contributed by atoms with Gasteiger partial charge in [0.25, 0.3) is 0 Å². The number of carbonyl (C=O) groups is 1. The average molecular weight is 297 g/mol. The molecule has 3 atom stereocenters. The van der Waals surface area contributed by atoms with E-state index in [0.717, 1.165) is 25.9 Å². The van der Waals surface area contributed by atoms with Crippen molar-refractivity contribution in [1.29, 1.82) is 0 Å². The normalized spacial score (nSPS) is 20.4. The molecular formula is C17H31NO3. The summed E-state index contributed by atoms with van der Waals surface area (Å²) in [5.74, 6) is 0.645. The standard InChI is InChI=1S/C17H31NO3/c1-13(2)7-6-8-14(3)15(4)16(17(19)20-5)18-9-11-21-12-10-18/h7,14-16H,6,8-12H2,1-5H3/t14?,15-,16?/m0/s1. The van der Waals surface area contributed by atoms with E-state index in [2.05, 4.69) is 38.7 Å². The van der Waals surface area contributed by atoms with Crippen molar-refractivity contribution in [2.75, 3.05) is 33.4 Å². The SMILES string of the molecule is COC(=O)C([C@@H](C)C(C)CCC=C(C)C)N1CCOCC1. The minimum atomic E-state index is -0.152. The minimum absolute atomic E-state index is 0.113.